The van der Waals surface area contributed by atoms with Crippen LogP contribution < -0.4 is 5.32 Å². The maximum absolute atomic E-state index is 12.8. The van der Waals surface area contributed by atoms with Gasteiger partial charge in [-0.2, -0.15) is 13.2 Å². The number of alkyl halides is 3. The maximum atomic E-state index is 12.8. The Morgan fingerprint density at radius 1 is 1.41 bits per heavy atom. The molecule has 2 rings (SSSR count). The van der Waals surface area contributed by atoms with E-state index in [4.69, 9.17) is 4.74 Å². The van der Waals surface area contributed by atoms with E-state index in [-0.39, 0.29) is 0 Å². The second kappa shape index (κ2) is 3.91. The first-order valence-corrected chi connectivity index (χ1v) is 5.32. The molecule has 0 saturated heterocycles. The van der Waals surface area contributed by atoms with E-state index in [1.165, 1.54) is 6.07 Å². The Kier molecular flexibility index (Phi) is 2.81. The number of halogens is 3. The molecule has 0 radical (unpaired) electrons. The zero-order valence-corrected chi connectivity index (χ0v) is 9.69. The number of benzene rings is 1. The number of ether oxygens (including phenoxy) is 1. The molecule has 0 spiro atoms. The highest BCUT2D eigenvalue weighted by Crippen LogP contribution is 2.41. The second-order valence-electron chi connectivity index (χ2n) is 4.62. The fourth-order valence-electron chi connectivity index (χ4n) is 2.33. The number of hydrogen-bond donors (Lipinski definition) is 1. The van der Waals surface area contributed by atoms with Crippen molar-refractivity contribution in [3.63, 3.8) is 0 Å². The Morgan fingerprint density at radius 2 is 2.12 bits per heavy atom. The Morgan fingerprint density at radius 3 is 2.71 bits per heavy atom. The molecule has 1 N–H and O–H groups in total. The van der Waals surface area contributed by atoms with Crippen LogP contribution in [0.1, 0.15) is 18.1 Å². The fourth-order valence-corrected chi connectivity index (χ4v) is 2.33. The van der Waals surface area contributed by atoms with Crippen molar-refractivity contribution in [1.29, 1.82) is 0 Å². The van der Waals surface area contributed by atoms with Crippen LogP contribution in [0.5, 0.6) is 0 Å². The van der Waals surface area contributed by atoms with Crippen molar-refractivity contribution < 1.29 is 17.9 Å². The van der Waals surface area contributed by atoms with Crippen LogP contribution >= 0.6 is 0 Å². The first kappa shape index (κ1) is 12.2. The molecule has 2 nitrogen and oxygen atoms in total. The van der Waals surface area contributed by atoms with Gasteiger partial charge in [-0.05, 0) is 24.6 Å². The van der Waals surface area contributed by atoms with E-state index in [1.807, 2.05) is 6.92 Å². The predicted molar refractivity (Wildman–Crippen MR) is 59.1 cm³/mol. The molecule has 1 aliphatic rings. The first-order valence-electron chi connectivity index (χ1n) is 5.32. The molecule has 1 aliphatic heterocycles. The third-order valence-corrected chi connectivity index (χ3v) is 2.95. The quantitative estimate of drug-likeness (QED) is 0.864. The van der Waals surface area contributed by atoms with Crippen molar-refractivity contribution >= 4 is 5.69 Å². The van der Waals surface area contributed by atoms with Gasteiger partial charge in [0.2, 0.25) is 0 Å². The lowest BCUT2D eigenvalue weighted by atomic mass is 9.95. The van der Waals surface area contributed by atoms with E-state index in [1.54, 1.807) is 13.2 Å². The summed E-state index contributed by atoms with van der Waals surface area (Å²) in [5, 5.41) is 3.10. The first-order chi connectivity index (χ1) is 7.86. The van der Waals surface area contributed by atoms with Crippen molar-refractivity contribution in [2.75, 3.05) is 19.0 Å². The lowest BCUT2D eigenvalue weighted by Crippen LogP contribution is -2.37. The average molecular weight is 245 g/mol. The predicted octanol–water partition coefficient (Wildman–Crippen LogP) is 3.08. The molecule has 0 aliphatic carbocycles. The van der Waals surface area contributed by atoms with Crippen LogP contribution in [0.25, 0.3) is 0 Å². The van der Waals surface area contributed by atoms with Crippen molar-refractivity contribution in [2.24, 2.45) is 0 Å². The highest BCUT2D eigenvalue weighted by molar-refractivity contribution is 5.62. The summed E-state index contributed by atoms with van der Waals surface area (Å²) in [6.07, 6.45) is -3.97. The minimum Gasteiger partial charge on any atom is -0.382 e. The lowest BCUT2D eigenvalue weighted by Gasteiger charge is -2.23. The van der Waals surface area contributed by atoms with Crippen LogP contribution in [-0.4, -0.2) is 19.3 Å². The SMILES string of the molecule is COCC1(C)Cc2c(cccc2C(F)(F)F)N1. The minimum absolute atomic E-state index is 0.325. The summed E-state index contributed by atoms with van der Waals surface area (Å²) in [6.45, 7) is 2.23. The van der Waals surface area contributed by atoms with Gasteiger partial charge in [0.1, 0.15) is 0 Å². The van der Waals surface area contributed by atoms with Gasteiger partial charge in [0, 0.05) is 19.2 Å². The molecular formula is C12H14F3NO. The number of rotatable bonds is 2. The van der Waals surface area contributed by atoms with Crippen molar-refractivity contribution in [2.45, 2.75) is 25.1 Å². The minimum atomic E-state index is -4.30. The van der Waals surface area contributed by atoms with Crippen LogP contribution in [0, 0.1) is 0 Å². The summed E-state index contributed by atoms with van der Waals surface area (Å²) in [4.78, 5) is 0. The average Bonchev–Trinajstić information content (AvgIpc) is 2.51. The van der Waals surface area contributed by atoms with Crippen molar-refractivity contribution in [3.8, 4) is 0 Å². The molecule has 0 amide bonds. The Bertz CT molecular complexity index is 430. The smallest absolute Gasteiger partial charge is 0.382 e. The lowest BCUT2D eigenvalue weighted by molar-refractivity contribution is -0.138. The summed E-state index contributed by atoms with van der Waals surface area (Å²) >= 11 is 0. The highest BCUT2D eigenvalue weighted by atomic mass is 19.4. The summed E-state index contributed by atoms with van der Waals surface area (Å²) in [7, 11) is 1.54. The van der Waals surface area contributed by atoms with Gasteiger partial charge in [0.05, 0.1) is 17.7 Å². The summed E-state index contributed by atoms with van der Waals surface area (Å²) in [6, 6.07) is 4.22. The Hall–Kier alpha value is -1.23. The molecule has 0 bridgehead atoms. The number of hydrogen-bond acceptors (Lipinski definition) is 2. The third kappa shape index (κ3) is 2.24. The topological polar surface area (TPSA) is 21.3 Å². The molecule has 0 saturated carbocycles. The second-order valence-corrected chi connectivity index (χ2v) is 4.62. The number of anilines is 1. The molecule has 0 fully saturated rings. The maximum Gasteiger partial charge on any atom is 0.416 e. The van der Waals surface area contributed by atoms with Gasteiger partial charge < -0.3 is 10.1 Å². The van der Waals surface area contributed by atoms with E-state index < -0.39 is 17.3 Å². The molecule has 1 aromatic rings. The number of fused-ring (bicyclic) bond motifs is 1. The van der Waals surface area contributed by atoms with Crippen molar-refractivity contribution in [1.82, 2.24) is 0 Å². The number of nitrogens with one attached hydrogen (secondary N) is 1. The van der Waals surface area contributed by atoms with Crippen LogP contribution in [0.2, 0.25) is 0 Å². The van der Waals surface area contributed by atoms with Crippen LogP contribution in [-0.2, 0) is 17.3 Å². The number of methoxy groups -OCH3 is 1. The molecule has 17 heavy (non-hydrogen) atoms. The van der Waals surface area contributed by atoms with Gasteiger partial charge in [-0.15, -0.1) is 0 Å². The normalized spacial score (nSPS) is 23.4. The summed E-state index contributed by atoms with van der Waals surface area (Å²) in [5.74, 6) is 0. The molecular weight excluding hydrogens is 231 g/mol. The molecule has 1 aromatic carbocycles. The van der Waals surface area contributed by atoms with Gasteiger partial charge in [0.25, 0.3) is 0 Å². The fraction of sp³-hybridized carbons (Fsp3) is 0.500. The van der Waals surface area contributed by atoms with Crippen LogP contribution in [0.4, 0.5) is 18.9 Å². The van der Waals surface area contributed by atoms with Crippen LogP contribution in [0.3, 0.4) is 0 Å². The Labute approximate surface area is 97.8 Å². The van der Waals surface area contributed by atoms with E-state index in [2.05, 4.69) is 5.32 Å². The van der Waals surface area contributed by atoms with Crippen molar-refractivity contribution in [3.05, 3.63) is 29.3 Å². The van der Waals surface area contributed by atoms with Gasteiger partial charge in [-0.3, -0.25) is 0 Å². The summed E-state index contributed by atoms with van der Waals surface area (Å²) in [5.41, 5.74) is -0.125. The van der Waals surface area contributed by atoms with E-state index >= 15 is 0 Å². The standard InChI is InChI=1S/C12H14F3NO/c1-11(7-17-2)6-8-9(12(13,14)15)4-3-5-10(8)16-11/h3-5,16H,6-7H2,1-2H3. The van der Waals surface area contributed by atoms with Gasteiger partial charge in [0.15, 0.2) is 0 Å². The van der Waals surface area contributed by atoms with Crippen LogP contribution in [0.15, 0.2) is 18.2 Å². The largest absolute Gasteiger partial charge is 0.416 e. The molecule has 1 unspecified atom stereocenters. The summed E-state index contributed by atoms with van der Waals surface area (Å²) < 4.78 is 43.5. The van der Waals surface area contributed by atoms with E-state index in [0.29, 0.717) is 24.3 Å². The molecule has 1 atom stereocenters. The zero-order valence-electron chi connectivity index (χ0n) is 9.69. The van der Waals surface area contributed by atoms with E-state index in [0.717, 1.165) is 6.07 Å². The van der Waals surface area contributed by atoms with Gasteiger partial charge >= 0.3 is 6.18 Å². The monoisotopic (exact) mass is 245 g/mol. The Balaban J connectivity index is 2.39. The highest BCUT2D eigenvalue weighted by Gasteiger charge is 2.40. The van der Waals surface area contributed by atoms with Gasteiger partial charge in [-0.1, -0.05) is 6.07 Å². The van der Waals surface area contributed by atoms with E-state index in [9.17, 15) is 13.2 Å². The molecule has 1 heterocycles. The molecule has 0 aromatic heterocycles. The zero-order chi connectivity index (χ0) is 12.7. The van der Waals surface area contributed by atoms with Gasteiger partial charge in [-0.25, -0.2) is 0 Å². The molecule has 94 valence electrons. The molecule has 5 heteroatoms. The third-order valence-electron chi connectivity index (χ3n) is 2.95.